The predicted octanol–water partition coefficient (Wildman–Crippen LogP) is 15.4. The maximum atomic E-state index is 12.1. The number of rotatable bonds is 39. The van der Waals surface area contributed by atoms with Crippen molar-refractivity contribution in [1.82, 2.24) is 0 Å². The van der Waals surface area contributed by atoms with Gasteiger partial charge in [0.15, 0.2) is 0 Å². The van der Waals surface area contributed by atoms with E-state index in [1.54, 1.807) is 20.8 Å². The van der Waals surface area contributed by atoms with Crippen molar-refractivity contribution in [3.63, 3.8) is 0 Å². The fraction of sp³-hybridized carbons (Fsp3) is 1.00. The van der Waals surface area contributed by atoms with E-state index < -0.39 is 22.8 Å². The minimum Gasteiger partial charge on any atom is -0.778 e. The van der Waals surface area contributed by atoms with E-state index in [9.17, 15) is 28.4 Å². The summed E-state index contributed by atoms with van der Waals surface area (Å²) in [5.41, 5.74) is -1.03. The molecular weight excluding hydrogens is 869 g/mol. The largest absolute Gasteiger partial charge is 3.00 e. The van der Waals surface area contributed by atoms with Crippen LogP contribution in [0.4, 0.5) is 0 Å². The summed E-state index contributed by atoms with van der Waals surface area (Å²) in [7, 11) is -11.0. The number of hydrogen-bond donors (Lipinski definition) is 0. The van der Waals surface area contributed by atoms with Crippen molar-refractivity contribution in [1.29, 1.82) is 0 Å². The monoisotopic (exact) mass is 972 g/mol. The van der Waals surface area contributed by atoms with Gasteiger partial charge in [-0.05, 0) is 56.3 Å². The first kappa shape index (κ1) is 68.5. The summed E-state index contributed by atoms with van der Waals surface area (Å²) in [5, 5.41) is 0. The summed E-state index contributed by atoms with van der Waals surface area (Å²) < 4.78 is 52.2. The van der Waals surface area contributed by atoms with Crippen LogP contribution in [0, 0.1) is 17.8 Å². The molecule has 0 bridgehead atoms. The quantitative estimate of drug-likeness (QED) is 0.0333. The third-order valence-electron chi connectivity index (χ3n) is 12.1. The Morgan fingerprint density at radius 1 is 0.344 bits per heavy atom. The maximum absolute atomic E-state index is 12.1. The Hall–Kier alpha value is 0.969. The molecule has 0 saturated carbocycles. The molecule has 1 radical (unpaired) electrons. The molecule has 9 atom stereocenters. The average Bonchev–Trinajstić information content (AvgIpc) is 3.23. The Kier molecular flexibility index (Phi) is 50.3. The van der Waals surface area contributed by atoms with E-state index in [0.29, 0.717) is 37.6 Å². The zero-order valence-corrected chi connectivity index (χ0v) is 45.8. The Morgan fingerprint density at radius 2 is 0.557 bits per heavy atom. The Balaban J connectivity index is -0.000000396. The number of unbranched alkanes of at least 4 members (excludes halogenated alkanes) is 12. The molecule has 0 heterocycles. The van der Waals surface area contributed by atoms with Crippen LogP contribution in [0.25, 0.3) is 0 Å². The van der Waals surface area contributed by atoms with Crippen LogP contribution in [0.5, 0.6) is 0 Å². The Bertz CT molecular complexity index is 941. The molecule has 0 N–H and O–H groups in total. The minimum absolute atomic E-state index is 0. The summed E-state index contributed by atoms with van der Waals surface area (Å²) in [6.07, 6.45) is 28.7. The summed E-state index contributed by atoms with van der Waals surface area (Å²) in [4.78, 5) is 36.3. The van der Waals surface area contributed by atoms with Crippen molar-refractivity contribution in [2.75, 3.05) is 19.8 Å². The Labute approximate surface area is 391 Å². The van der Waals surface area contributed by atoms with Gasteiger partial charge < -0.3 is 41.9 Å². The van der Waals surface area contributed by atoms with Gasteiger partial charge in [0.1, 0.15) is 22.8 Å². The van der Waals surface area contributed by atoms with Gasteiger partial charge >= 0.3 is 17.1 Å². The third-order valence-corrected chi connectivity index (χ3v) is 17.7. The molecule has 9 unspecified atom stereocenters. The van der Waals surface area contributed by atoms with Crippen LogP contribution < -0.4 is 14.7 Å². The molecule has 0 aliphatic rings. The first-order chi connectivity index (χ1) is 28.4. The maximum Gasteiger partial charge on any atom is 3.00 e. The second kappa shape index (κ2) is 44.8. The fourth-order valence-electron chi connectivity index (χ4n) is 6.78. The van der Waals surface area contributed by atoms with Crippen LogP contribution in [-0.2, 0) is 44.3 Å². The third kappa shape index (κ3) is 39.8. The van der Waals surface area contributed by atoms with Crippen molar-refractivity contribution in [3.05, 3.63) is 0 Å². The number of hydrogen-bond acceptors (Lipinski definition) is 9. The smallest absolute Gasteiger partial charge is 0.778 e. The molecule has 0 aliphatic heterocycles. The summed E-state index contributed by atoms with van der Waals surface area (Å²) in [6, 6.07) is 0. The van der Waals surface area contributed by atoms with E-state index >= 15 is 0 Å². The molecule has 0 spiro atoms. The molecule has 61 heavy (non-hydrogen) atoms. The molecule has 0 amide bonds. The standard InChI is InChI=1S/3C16H35O3P.Fe/c3*1-5-8-10-11-12-15(4)20(17,18)19-14-16(7-3)13-9-6-2;/h3*15-16H,5-14H2,1-4H3,(H,17,18);/q;;;+3/p-3. The molecule has 9 nitrogen and oxygen atoms in total. The van der Waals surface area contributed by atoms with Gasteiger partial charge in [0, 0.05) is 17.0 Å². The van der Waals surface area contributed by atoms with E-state index in [4.69, 9.17) is 13.6 Å². The summed E-state index contributed by atoms with van der Waals surface area (Å²) in [5.74, 6) is 1.14. The molecule has 0 aromatic rings. The first-order valence-corrected chi connectivity index (χ1v) is 30.1. The summed E-state index contributed by atoms with van der Waals surface area (Å²) >= 11 is 0. The fourth-order valence-corrected chi connectivity index (χ4v) is 10.3. The van der Waals surface area contributed by atoms with Crippen LogP contribution in [0.2, 0.25) is 0 Å². The normalized spacial score (nSPS) is 17.4. The van der Waals surface area contributed by atoms with Gasteiger partial charge in [-0.15, -0.1) is 0 Å². The van der Waals surface area contributed by atoms with E-state index in [2.05, 4.69) is 62.3 Å². The SMILES string of the molecule is CCCCCCC(C)P(=O)([O-])OCC(CC)CCCC.CCCCCCC(C)P(=O)([O-])OCC(CC)CCCC.CCCCCCC(C)P(=O)([O-])OCC(CC)CCCC.[Fe+3]. The predicted molar refractivity (Wildman–Crippen MR) is 255 cm³/mol. The van der Waals surface area contributed by atoms with Crippen molar-refractivity contribution in [3.8, 4) is 0 Å². The van der Waals surface area contributed by atoms with Crippen LogP contribution in [0.3, 0.4) is 0 Å². The minimum atomic E-state index is -3.68. The molecule has 0 aromatic heterocycles. The molecule has 13 heteroatoms. The van der Waals surface area contributed by atoms with E-state index in [0.717, 1.165) is 135 Å². The van der Waals surface area contributed by atoms with Gasteiger partial charge in [-0.2, -0.15) is 0 Å². The van der Waals surface area contributed by atoms with Crippen LogP contribution in [0.1, 0.15) is 256 Å². The molecule has 0 aromatic carbocycles. The summed E-state index contributed by atoms with van der Waals surface area (Å²) in [6.45, 7) is 25.7. The topological polar surface area (TPSA) is 148 Å². The van der Waals surface area contributed by atoms with Gasteiger partial charge in [-0.3, -0.25) is 0 Å². The molecule has 0 rings (SSSR count). The molecule has 0 aliphatic carbocycles. The average molecular weight is 972 g/mol. The van der Waals surface area contributed by atoms with E-state index in [1.807, 2.05) is 0 Å². The van der Waals surface area contributed by atoms with Crippen LogP contribution >= 0.6 is 22.8 Å². The molecule has 0 saturated heterocycles. The zero-order chi connectivity index (χ0) is 46.3. The second-order valence-electron chi connectivity index (χ2n) is 17.9. The van der Waals surface area contributed by atoms with Gasteiger partial charge in [0.25, 0.3) is 0 Å². The molecular formula is C48H102FeO9P3. The Morgan fingerprint density at radius 3 is 0.738 bits per heavy atom. The van der Waals surface area contributed by atoms with Crippen molar-refractivity contribution in [2.45, 2.75) is 273 Å². The van der Waals surface area contributed by atoms with Gasteiger partial charge in [0.2, 0.25) is 0 Å². The van der Waals surface area contributed by atoms with Gasteiger partial charge in [0.05, 0.1) is 19.8 Å². The second-order valence-corrected chi connectivity index (χ2v) is 24.5. The van der Waals surface area contributed by atoms with Crippen molar-refractivity contribution < 1.29 is 59.0 Å². The van der Waals surface area contributed by atoms with E-state index in [1.165, 1.54) is 38.5 Å². The molecule has 371 valence electrons. The van der Waals surface area contributed by atoms with Crippen LogP contribution in [-0.4, -0.2) is 36.8 Å². The first-order valence-electron chi connectivity index (χ1n) is 25.3. The zero-order valence-electron chi connectivity index (χ0n) is 42.0. The van der Waals surface area contributed by atoms with Crippen LogP contribution in [0.15, 0.2) is 0 Å². The van der Waals surface area contributed by atoms with Crippen molar-refractivity contribution in [2.24, 2.45) is 17.8 Å². The van der Waals surface area contributed by atoms with Gasteiger partial charge in [-0.1, -0.05) is 218 Å². The molecule has 0 fully saturated rings. The van der Waals surface area contributed by atoms with Gasteiger partial charge in [-0.25, -0.2) is 0 Å². The van der Waals surface area contributed by atoms with E-state index in [-0.39, 0.29) is 34.0 Å². The van der Waals surface area contributed by atoms with Crippen molar-refractivity contribution >= 4 is 22.8 Å².